The number of hydrogen-bond acceptors (Lipinski definition) is 5. The van der Waals surface area contributed by atoms with Crippen LogP contribution >= 0.6 is 11.3 Å². The first kappa shape index (κ1) is 11.5. The van der Waals surface area contributed by atoms with E-state index < -0.39 is 0 Å². The average Bonchev–Trinajstić information content (AvgIpc) is 2.96. The molecular formula is C13H15N3OS. The Labute approximate surface area is 110 Å². The molecule has 0 radical (unpaired) electrons. The third-order valence-corrected chi connectivity index (χ3v) is 3.99. The van der Waals surface area contributed by atoms with Gasteiger partial charge in [-0.25, -0.2) is 4.98 Å². The number of nitrogens with zero attached hydrogens (tertiary/aromatic N) is 2. The van der Waals surface area contributed by atoms with Gasteiger partial charge in [0.25, 0.3) is 0 Å². The van der Waals surface area contributed by atoms with Crippen molar-refractivity contribution < 1.29 is 5.11 Å². The standard InChI is InChI=1S/C13H15N3OS/c14-13-15-10(8-18-13)12-11(17)6-7-16(12)9-4-2-1-3-5-9/h1-5,8,11-12,17H,6-7H2,(H2,14,15)/t11-,12-/m0/s1. The van der Waals surface area contributed by atoms with Gasteiger partial charge in [-0.15, -0.1) is 11.3 Å². The van der Waals surface area contributed by atoms with Crippen LogP contribution < -0.4 is 10.6 Å². The molecule has 1 aromatic carbocycles. The Morgan fingerprint density at radius 2 is 2.11 bits per heavy atom. The van der Waals surface area contributed by atoms with Crippen molar-refractivity contribution in [1.29, 1.82) is 0 Å². The van der Waals surface area contributed by atoms with Crippen molar-refractivity contribution in [2.24, 2.45) is 0 Å². The third kappa shape index (κ3) is 1.95. The van der Waals surface area contributed by atoms with E-state index in [1.54, 1.807) is 0 Å². The molecule has 0 unspecified atom stereocenters. The molecule has 94 valence electrons. The molecule has 3 rings (SSSR count). The predicted molar refractivity (Wildman–Crippen MR) is 73.7 cm³/mol. The second-order valence-corrected chi connectivity index (χ2v) is 5.33. The number of nitrogens with two attached hydrogens (primary N) is 1. The van der Waals surface area contributed by atoms with Crippen molar-refractivity contribution in [1.82, 2.24) is 4.98 Å². The van der Waals surface area contributed by atoms with E-state index in [2.05, 4.69) is 22.0 Å². The largest absolute Gasteiger partial charge is 0.390 e. The monoisotopic (exact) mass is 261 g/mol. The Bertz CT molecular complexity index is 528. The summed E-state index contributed by atoms with van der Waals surface area (Å²) in [6.45, 7) is 0.841. The molecule has 2 heterocycles. The van der Waals surface area contributed by atoms with Gasteiger partial charge in [0.05, 0.1) is 17.8 Å². The molecule has 4 nitrogen and oxygen atoms in total. The molecule has 1 aromatic heterocycles. The Hall–Kier alpha value is -1.59. The summed E-state index contributed by atoms with van der Waals surface area (Å²) in [6, 6.07) is 10.0. The van der Waals surface area contributed by atoms with Crippen molar-refractivity contribution >= 4 is 22.2 Å². The van der Waals surface area contributed by atoms with Crippen LogP contribution in [0.5, 0.6) is 0 Å². The van der Waals surface area contributed by atoms with E-state index in [4.69, 9.17) is 5.73 Å². The maximum absolute atomic E-state index is 10.2. The van der Waals surface area contributed by atoms with E-state index in [1.165, 1.54) is 11.3 Å². The van der Waals surface area contributed by atoms with Gasteiger partial charge in [-0.05, 0) is 18.6 Å². The summed E-state index contributed by atoms with van der Waals surface area (Å²) in [6.07, 6.45) is 0.378. The Balaban J connectivity index is 1.95. The van der Waals surface area contributed by atoms with Gasteiger partial charge in [0.15, 0.2) is 5.13 Å². The third-order valence-electron chi connectivity index (χ3n) is 3.30. The maximum atomic E-state index is 10.2. The minimum Gasteiger partial charge on any atom is -0.390 e. The first-order valence-corrected chi connectivity index (χ1v) is 6.84. The molecule has 0 aliphatic carbocycles. The van der Waals surface area contributed by atoms with Gasteiger partial charge in [0, 0.05) is 17.6 Å². The van der Waals surface area contributed by atoms with Crippen LogP contribution in [0.3, 0.4) is 0 Å². The number of rotatable bonds is 2. The lowest BCUT2D eigenvalue weighted by atomic mass is 10.1. The summed E-state index contributed by atoms with van der Waals surface area (Å²) >= 11 is 1.42. The smallest absolute Gasteiger partial charge is 0.180 e. The van der Waals surface area contributed by atoms with E-state index in [0.717, 1.165) is 24.3 Å². The van der Waals surface area contributed by atoms with Gasteiger partial charge in [-0.3, -0.25) is 0 Å². The molecular weight excluding hydrogens is 246 g/mol. The van der Waals surface area contributed by atoms with Gasteiger partial charge in [0.1, 0.15) is 0 Å². The fourth-order valence-corrected chi connectivity index (χ4v) is 3.07. The number of aliphatic hydroxyl groups excluding tert-OH is 1. The van der Waals surface area contributed by atoms with Crippen LogP contribution in [0, 0.1) is 0 Å². The zero-order valence-electron chi connectivity index (χ0n) is 9.86. The lowest BCUT2D eigenvalue weighted by Crippen LogP contribution is -2.27. The quantitative estimate of drug-likeness (QED) is 0.868. The summed E-state index contributed by atoms with van der Waals surface area (Å²) in [5.41, 5.74) is 7.67. The number of para-hydroxylation sites is 1. The lowest BCUT2D eigenvalue weighted by molar-refractivity contribution is 0.163. The van der Waals surface area contributed by atoms with Crippen LogP contribution in [0.1, 0.15) is 18.2 Å². The molecule has 2 aromatic rings. The molecule has 5 heteroatoms. The molecule has 2 atom stereocenters. The maximum Gasteiger partial charge on any atom is 0.180 e. The second-order valence-electron chi connectivity index (χ2n) is 4.44. The number of aliphatic hydroxyl groups is 1. The summed E-state index contributed by atoms with van der Waals surface area (Å²) < 4.78 is 0. The van der Waals surface area contributed by atoms with E-state index in [9.17, 15) is 5.11 Å². The first-order valence-electron chi connectivity index (χ1n) is 5.96. The van der Waals surface area contributed by atoms with Crippen LogP contribution in [0.2, 0.25) is 0 Å². The van der Waals surface area contributed by atoms with Crippen LogP contribution in [-0.2, 0) is 0 Å². The summed E-state index contributed by atoms with van der Waals surface area (Å²) in [7, 11) is 0. The Morgan fingerprint density at radius 1 is 1.33 bits per heavy atom. The van der Waals surface area contributed by atoms with Gasteiger partial charge in [-0.2, -0.15) is 0 Å². The zero-order chi connectivity index (χ0) is 12.5. The number of thiazole rings is 1. The number of nitrogen functional groups attached to an aromatic ring is 1. The van der Waals surface area contributed by atoms with Crippen molar-refractivity contribution in [2.45, 2.75) is 18.6 Å². The normalized spacial score (nSPS) is 23.5. The number of aromatic nitrogens is 1. The van der Waals surface area contributed by atoms with Crippen molar-refractivity contribution in [3.05, 3.63) is 41.4 Å². The Morgan fingerprint density at radius 3 is 2.78 bits per heavy atom. The molecule has 0 saturated carbocycles. The molecule has 0 amide bonds. The molecule has 0 bridgehead atoms. The van der Waals surface area contributed by atoms with Gasteiger partial charge in [0.2, 0.25) is 0 Å². The van der Waals surface area contributed by atoms with Crippen LogP contribution in [0.25, 0.3) is 0 Å². The summed E-state index contributed by atoms with van der Waals surface area (Å²) in [4.78, 5) is 6.51. The fraction of sp³-hybridized carbons (Fsp3) is 0.308. The fourth-order valence-electron chi connectivity index (χ4n) is 2.48. The van der Waals surface area contributed by atoms with Crippen molar-refractivity contribution in [3.63, 3.8) is 0 Å². The highest BCUT2D eigenvalue weighted by Gasteiger charge is 2.35. The van der Waals surface area contributed by atoms with Gasteiger partial charge >= 0.3 is 0 Å². The SMILES string of the molecule is Nc1nc([C@H]2[C@@H](O)CCN2c2ccccc2)cs1. The topological polar surface area (TPSA) is 62.4 Å². The van der Waals surface area contributed by atoms with Crippen LogP contribution in [-0.4, -0.2) is 22.7 Å². The number of benzene rings is 1. The minimum atomic E-state index is -0.383. The Kier molecular flexibility index (Phi) is 2.93. The van der Waals surface area contributed by atoms with Crippen LogP contribution in [0.4, 0.5) is 10.8 Å². The van der Waals surface area contributed by atoms with Crippen molar-refractivity contribution in [3.8, 4) is 0 Å². The number of anilines is 2. The lowest BCUT2D eigenvalue weighted by Gasteiger charge is -2.26. The van der Waals surface area contributed by atoms with E-state index in [1.807, 2.05) is 23.6 Å². The predicted octanol–water partition coefficient (Wildman–Crippen LogP) is 2.04. The molecule has 1 fully saturated rings. The van der Waals surface area contributed by atoms with Gasteiger partial charge in [-0.1, -0.05) is 18.2 Å². The molecule has 1 aliphatic rings. The highest BCUT2D eigenvalue weighted by atomic mass is 32.1. The van der Waals surface area contributed by atoms with E-state index in [-0.39, 0.29) is 12.1 Å². The molecule has 1 aliphatic heterocycles. The molecule has 1 saturated heterocycles. The average molecular weight is 261 g/mol. The second kappa shape index (κ2) is 4.59. The first-order chi connectivity index (χ1) is 8.75. The van der Waals surface area contributed by atoms with E-state index in [0.29, 0.717) is 5.13 Å². The highest BCUT2D eigenvalue weighted by Crippen LogP contribution is 2.36. The summed E-state index contributed by atoms with van der Waals surface area (Å²) in [5.74, 6) is 0. The van der Waals surface area contributed by atoms with Gasteiger partial charge < -0.3 is 15.7 Å². The minimum absolute atomic E-state index is 0.0825. The van der Waals surface area contributed by atoms with E-state index >= 15 is 0 Å². The number of hydrogen-bond donors (Lipinski definition) is 2. The molecule has 3 N–H and O–H groups in total. The molecule has 0 spiro atoms. The summed E-state index contributed by atoms with van der Waals surface area (Å²) in [5, 5.41) is 12.7. The van der Waals surface area contributed by atoms with Crippen molar-refractivity contribution in [2.75, 3.05) is 17.2 Å². The highest BCUT2D eigenvalue weighted by molar-refractivity contribution is 7.13. The van der Waals surface area contributed by atoms with Crippen LogP contribution in [0.15, 0.2) is 35.7 Å². The zero-order valence-corrected chi connectivity index (χ0v) is 10.7. The molecule has 18 heavy (non-hydrogen) atoms.